The van der Waals surface area contributed by atoms with Crippen LogP contribution >= 0.6 is 0 Å². The molecule has 1 aromatic carbocycles. The minimum atomic E-state index is -0.375. The molecule has 6 heteroatoms. The first-order valence-electron chi connectivity index (χ1n) is 5.49. The highest BCUT2D eigenvalue weighted by molar-refractivity contribution is 5.69. The number of anilines is 1. The third-order valence-electron chi connectivity index (χ3n) is 2.37. The van der Waals surface area contributed by atoms with E-state index < -0.39 is 0 Å². The van der Waals surface area contributed by atoms with Gasteiger partial charge in [0.2, 0.25) is 5.95 Å². The fourth-order valence-corrected chi connectivity index (χ4v) is 1.41. The molecule has 94 valence electrons. The van der Waals surface area contributed by atoms with E-state index >= 15 is 0 Å². The molecule has 0 amide bonds. The van der Waals surface area contributed by atoms with Crippen molar-refractivity contribution in [1.29, 1.82) is 0 Å². The van der Waals surface area contributed by atoms with Crippen molar-refractivity contribution in [1.82, 2.24) is 14.8 Å². The highest BCUT2D eigenvalue weighted by atomic mass is 16.5. The molecule has 0 fully saturated rings. The Kier molecular flexibility index (Phi) is 3.57. The molecule has 6 nitrogen and oxygen atoms in total. The molecule has 2 rings (SSSR count). The molecular formula is C12H14N4O2. The average molecular weight is 246 g/mol. The van der Waals surface area contributed by atoms with Crippen LogP contribution in [0.15, 0.2) is 30.6 Å². The van der Waals surface area contributed by atoms with Crippen LogP contribution in [0.4, 0.5) is 5.95 Å². The monoisotopic (exact) mass is 246 g/mol. The molecule has 0 aliphatic heterocycles. The first-order valence-corrected chi connectivity index (χ1v) is 5.49. The van der Waals surface area contributed by atoms with Crippen LogP contribution in [0.5, 0.6) is 0 Å². The third-order valence-corrected chi connectivity index (χ3v) is 2.37. The molecular weight excluding hydrogens is 232 g/mol. The van der Waals surface area contributed by atoms with Gasteiger partial charge in [0.15, 0.2) is 0 Å². The number of esters is 1. The number of carbonyl (C=O) groups excluding carboxylic acids is 1. The van der Waals surface area contributed by atoms with E-state index in [9.17, 15) is 4.79 Å². The molecule has 0 atom stereocenters. The summed E-state index contributed by atoms with van der Waals surface area (Å²) in [6.07, 6.45) is 1.39. The Morgan fingerprint density at radius 1 is 1.39 bits per heavy atom. The zero-order chi connectivity index (χ0) is 13.0. The number of carbonyl (C=O) groups is 1. The van der Waals surface area contributed by atoms with Crippen LogP contribution in [0.25, 0.3) is 0 Å². The van der Waals surface area contributed by atoms with Crippen molar-refractivity contribution in [3.05, 3.63) is 41.7 Å². The van der Waals surface area contributed by atoms with Crippen molar-refractivity contribution in [2.75, 3.05) is 5.73 Å². The molecule has 0 bridgehead atoms. The van der Waals surface area contributed by atoms with E-state index in [0.717, 1.165) is 5.56 Å². The van der Waals surface area contributed by atoms with Crippen LogP contribution < -0.4 is 5.73 Å². The normalized spacial score (nSPS) is 10.3. The zero-order valence-corrected chi connectivity index (χ0v) is 10.0. The van der Waals surface area contributed by atoms with Gasteiger partial charge in [0, 0.05) is 0 Å². The summed E-state index contributed by atoms with van der Waals surface area (Å²) in [5.74, 6) is -0.234. The van der Waals surface area contributed by atoms with Crippen molar-refractivity contribution < 1.29 is 9.53 Å². The lowest BCUT2D eigenvalue weighted by Crippen LogP contribution is -2.14. The first-order chi connectivity index (χ1) is 8.63. The minimum Gasteiger partial charge on any atom is -0.459 e. The summed E-state index contributed by atoms with van der Waals surface area (Å²) in [5.41, 5.74) is 7.46. The number of nitrogen functional groups attached to an aromatic ring is 1. The minimum absolute atomic E-state index is 0.00998. The lowest BCUT2D eigenvalue weighted by atomic mass is 10.2. The van der Waals surface area contributed by atoms with Gasteiger partial charge in [-0.15, -0.1) is 5.10 Å². The van der Waals surface area contributed by atoms with Gasteiger partial charge in [0.05, 0.1) is 0 Å². The van der Waals surface area contributed by atoms with Crippen molar-refractivity contribution >= 4 is 11.9 Å². The molecule has 2 N–H and O–H groups in total. The first kappa shape index (κ1) is 12.1. The van der Waals surface area contributed by atoms with Gasteiger partial charge in [0.1, 0.15) is 19.5 Å². The molecule has 2 aromatic rings. The van der Waals surface area contributed by atoms with Crippen LogP contribution in [-0.2, 0) is 22.7 Å². The Balaban J connectivity index is 1.83. The highest BCUT2D eigenvalue weighted by Gasteiger charge is 2.06. The van der Waals surface area contributed by atoms with E-state index in [4.69, 9.17) is 10.5 Å². The topological polar surface area (TPSA) is 83.0 Å². The van der Waals surface area contributed by atoms with Gasteiger partial charge in [-0.3, -0.25) is 4.79 Å². The molecule has 0 radical (unpaired) electrons. The average Bonchev–Trinajstić information content (AvgIpc) is 2.74. The van der Waals surface area contributed by atoms with E-state index in [1.54, 1.807) is 0 Å². The number of rotatable bonds is 4. The Bertz CT molecular complexity index is 533. The highest BCUT2D eigenvalue weighted by Crippen LogP contribution is 2.04. The summed E-state index contributed by atoms with van der Waals surface area (Å²) < 4.78 is 6.45. The van der Waals surface area contributed by atoms with Gasteiger partial charge in [-0.2, -0.15) is 0 Å². The summed E-state index contributed by atoms with van der Waals surface area (Å²) in [7, 11) is 0. The van der Waals surface area contributed by atoms with Crippen molar-refractivity contribution in [2.45, 2.75) is 20.1 Å². The van der Waals surface area contributed by atoms with Crippen LogP contribution in [0.1, 0.15) is 11.1 Å². The molecule has 1 aromatic heterocycles. The Morgan fingerprint density at radius 3 is 2.72 bits per heavy atom. The molecule has 0 unspecified atom stereocenters. The molecule has 0 aliphatic rings. The van der Waals surface area contributed by atoms with E-state index in [1.807, 2.05) is 31.2 Å². The zero-order valence-electron chi connectivity index (χ0n) is 10.0. The van der Waals surface area contributed by atoms with Crippen molar-refractivity contribution in [3.63, 3.8) is 0 Å². The number of hydrogen-bond acceptors (Lipinski definition) is 5. The SMILES string of the molecule is Cc1ccc(COC(=O)Cn2cnc(N)n2)cc1. The van der Waals surface area contributed by atoms with E-state index in [2.05, 4.69) is 10.1 Å². The van der Waals surface area contributed by atoms with Gasteiger partial charge in [-0.25, -0.2) is 9.67 Å². The van der Waals surface area contributed by atoms with Gasteiger partial charge in [-0.1, -0.05) is 29.8 Å². The largest absolute Gasteiger partial charge is 0.459 e. The summed E-state index contributed by atoms with van der Waals surface area (Å²) in [5, 5.41) is 3.80. The predicted molar refractivity (Wildman–Crippen MR) is 65.4 cm³/mol. The maximum absolute atomic E-state index is 11.5. The second-order valence-electron chi connectivity index (χ2n) is 3.95. The lowest BCUT2D eigenvalue weighted by Gasteiger charge is -2.05. The number of hydrogen-bond donors (Lipinski definition) is 1. The smallest absolute Gasteiger partial charge is 0.328 e. The van der Waals surface area contributed by atoms with Crippen LogP contribution in [0, 0.1) is 6.92 Å². The Labute approximate surface area is 104 Å². The second-order valence-corrected chi connectivity index (χ2v) is 3.95. The number of nitrogens with zero attached hydrogens (tertiary/aromatic N) is 3. The van der Waals surface area contributed by atoms with Gasteiger partial charge in [0.25, 0.3) is 0 Å². The van der Waals surface area contributed by atoms with Crippen LogP contribution in [-0.4, -0.2) is 20.7 Å². The molecule has 0 aliphatic carbocycles. The summed E-state index contributed by atoms with van der Waals surface area (Å²) >= 11 is 0. The van der Waals surface area contributed by atoms with Crippen LogP contribution in [0.3, 0.4) is 0 Å². The second kappa shape index (κ2) is 5.31. The van der Waals surface area contributed by atoms with Gasteiger partial charge >= 0.3 is 5.97 Å². The molecule has 0 spiro atoms. The van der Waals surface area contributed by atoms with Crippen molar-refractivity contribution in [3.8, 4) is 0 Å². The molecule has 18 heavy (non-hydrogen) atoms. The number of nitrogens with two attached hydrogens (primary N) is 1. The van der Waals surface area contributed by atoms with E-state index in [-0.39, 0.29) is 25.1 Å². The number of benzene rings is 1. The van der Waals surface area contributed by atoms with Crippen LogP contribution in [0.2, 0.25) is 0 Å². The Hall–Kier alpha value is -2.37. The van der Waals surface area contributed by atoms with Crippen molar-refractivity contribution in [2.24, 2.45) is 0 Å². The maximum atomic E-state index is 11.5. The molecule has 0 saturated heterocycles. The predicted octanol–water partition coefficient (Wildman–Crippen LogP) is 0.912. The fourth-order valence-electron chi connectivity index (χ4n) is 1.41. The number of aryl methyl sites for hydroxylation is 1. The quantitative estimate of drug-likeness (QED) is 0.811. The third kappa shape index (κ3) is 3.31. The van der Waals surface area contributed by atoms with Gasteiger partial charge in [-0.05, 0) is 12.5 Å². The number of ether oxygens (including phenoxy) is 1. The summed E-state index contributed by atoms with van der Waals surface area (Å²) in [6.45, 7) is 2.27. The maximum Gasteiger partial charge on any atom is 0.328 e. The van der Waals surface area contributed by atoms with E-state index in [1.165, 1.54) is 16.6 Å². The Morgan fingerprint density at radius 2 is 2.11 bits per heavy atom. The molecule has 0 saturated carbocycles. The van der Waals surface area contributed by atoms with E-state index in [0.29, 0.717) is 0 Å². The summed E-state index contributed by atoms with van der Waals surface area (Å²) in [6, 6.07) is 7.80. The molecule has 1 heterocycles. The number of aromatic nitrogens is 3. The fraction of sp³-hybridized carbons (Fsp3) is 0.250. The summed E-state index contributed by atoms with van der Waals surface area (Å²) in [4.78, 5) is 15.2. The van der Waals surface area contributed by atoms with Gasteiger partial charge < -0.3 is 10.5 Å². The lowest BCUT2D eigenvalue weighted by molar-refractivity contribution is -0.145. The standard InChI is InChI=1S/C12H14N4O2/c1-9-2-4-10(5-3-9)7-18-11(17)6-16-8-14-12(13)15-16/h2-5,8H,6-7H2,1H3,(H2,13,15).